The zero-order valence-corrected chi connectivity index (χ0v) is 14.7. The summed E-state index contributed by atoms with van der Waals surface area (Å²) in [6.07, 6.45) is -0.305. The second-order valence-corrected chi connectivity index (χ2v) is 5.47. The third-order valence-electron chi connectivity index (χ3n) is 3.70. The Morgan fingerprint density at radius 3 is 2.75 bits per heavy atom. The summed E-state index contributed by atoms with van der Waals surface area (Å²) in [6, 6.07) is 7.08. The first-order valence-corrected chi connectivity index (χ1v) is 7.93. The maximum atomic E-state index is 14.1. The van der Waals surface area contributed by atoms with Crippen molar-refractivity contribution in [3.63, 3.8) is 0 Å². The van der Waals surface area contributed by atoms with E-state index in [1.165, 1.54) is 30.5 Å². The molecule has 1 aliphatic heterocycles. The lowest BCUT2D eigenvalue weighted by Gasteiger charge is -2.24. The largest absolute Gasteiger partial charge is 0.462 e. The third kappa shape index (κ3) is 4.76. The van der Waals surface area contributed by atoms with Crippen molar-refractivity contribution in [3.05, 3.63) is 59.2 Å². The Balaban J connectivity index is 0.00000136. The topological polar surface area (TPSA) is 113 Å². The molecular formula is C18H16F3N5O2. The number of amides is 1. The van der Waals surface area contributed by atoms with Crippen LogP contribution in [-0.2, 0) is 4.74 Å². The number of nitrogens with one attached hydrogen (secondary N) is 1. The van der Waals surface area contributed by atoms with Gasteiger partial charge in [0.1, 0.15) is 30.2 Å². The molecule has 2 atom stereocenters. The van der Waals surface area contributed by atoms with Gasteiger partial charge < -0.3 is 15.8 Å². The van der Waals surface area contributed by atoms with E-state index in [1.807, 2.05) is 6.07 Å². The highest BCUT2D eigenvalue weighted by Gasteiger charge is 2.30. The molecule has 10 heteroatoms. The maximum Gasteiger partial charge on any atom is 0.282 e. The maximum absolute atomic E-state index is 14.1. The summed E-state index contributed by atoms with van der Waals surface area (Å²) in [5.41, 5.74) is 6.01. The van der Waals surface area contributed by atoms with Crippen molar-refractivity contribution in [2.45, 2.75) is 12.2 Å². The van der Waals surface area contributed by atoms with Gasteiger partial charge in [0.05, 0.1) is 12.7 Å². The smallest absolute Gasteiger partial charge is 0.282 e. The second-order valence-electron chi connectivity index (χ2n) is 5.47. The standard InChI is InChI=1S/C17H13F2N5O2.CH3F/c18-12-3-2-10(5-11(12)15-13(19)8-26-17(21)24-15)23-16(25)14-4-1-9(6-20)7-22-14;1-2/h1-5,7,13,15H,8H2,(H2,21,24)(H,23,25);1H3. The van der Waals surface area contributed by atoms with Gasteiger partial charge in [-0.3, -0.25) is 9.18 Å². The van der Waals surface area contributed by atoms with E-state index in [1.54, 1.807) is 0 Å². The lowest BCUT2D eigenvalue weighted by molar-refractivity contribution is 0.102. The zero-order valence-electron chi connectivity index (χ0n) is 14.7. The molecule has 1 aromatic carbocycles. The molecule has 0 aliphatic carbocycles. The van der Waals surface area contributed by atoms with Crippen LogP contribution < -0.4 is 11.1 Å². The molecule has 1 amide bonds. The summed E-state index contributed by atoms with van der Waals surface area (Å²) < 4.78 is 42.4. The Labute approximate surface area is 158 Å². The lowest BCUT2D eigenvalue weighted by atomic mass is 10.0. The van der Waals surface area contributed by atoms with E-state index in [4.69, 9.17) is 15.7 Å². The van der Waals surface area contributed by atoms with Gasteiger partial charge >= 0.3 is 0 Å². The number of carbonyl (C=O) groups is 1. The molecule has 3 N–H and O–H groups in total. The Kier molecular flexibility index (Phi) is 6.92. The van der Waals surface area contributed by atoms with Gasteiger partial charge in [0.2, 0.25) is 0 Å². The molecule has 0 bridgehead atoms. The van der Waals surface area contributed by atoms with E-state index in [0.717, 1.165) is 6.07 Å². The van der Waals surface area contributed by atoms with E-state index in [0.29, 0.717) is 12.7 Å². The number of nitrogens with zero attached hydrogens (tertiary/aromatic N) is 3. The molecule has 28 heavy (non-hydrogen) atoms. The van der Waals surface area contributed by atoms with Crippen LogP contribution in [0.4, 0.5) is 18.9 Å². The molecule has 0 spiro atoms. The number of aromatic nitrogens is 1. The number of carbonyl (C=O) groups excluding carboxylic acids is 1. The van der Waals surface area contributed by atoms with Crippen molar-refractivity contribution in [1.29, 1.82) is 5.26 Å². The van der Waals surface area contributed by atoms with Crippen LogP contribution in [0.5, 0.6) is 0 Å². The van der Waals surface area contributed by atoms with E-state index < -0.39 is 23.9 Å². The number of hydrogen-bond acceptors (Lipinski definition) is 6. The Bertz CT molecular complexity index is 912. The minimum atomic E-state index is -1.57. The number of anilines is 1. The average Bonchev–Trinajstić information content (AvgIpc) is 2.73. The van der Waals surface area contributed by atoms with Gasteiger partial charge in [-0.2, -0.15) is 5.26 Å². The molecule has 1 aliphatic rings. The number of halogens is 3. The van der Waals surface area contributed by atoms with E-state index in [-0.39, 0.29) is 29.6 Å². The summed E-state index contributed by atoms with van der Waals surface area (Å²) in [5.74, 6) is -1.23. The first-order valence-electron chi connectivity index (χ1n) is 7.93. The molecule has 2 aromatic rings. The number of alkyl halides is 2. The van der Waals surface area contributed by atoms with Crippen LogP contribution in [0.15, 0.2) is 41.5 Å². The highest BCUT2D eigenvalue weighted by atomic mass is 19.1. The molecule has 0 saturated heterocycles. The zero-order chi connectivity index (χ0) is 20.7. The van der Waals surface area contributed by atoms with Gasteiger partial charge in [0, 0.05) is 17.4 Å². The molecule has 146 valence electrons. The Hall–Kier alpha value is -3.61. The first-order chi connectivity index (χ1) is 13.5. The lowest BCUT2D eigenvalue weighted by Crippen LogP contribution is -2.32. The molecule has 0 saturated carbocycles. The summed E-state index contributed by atoms with van der Waals surface area (Å²) in [5, 5.41) is 11.3. The summed E-state index contributed by atoms with van der Waals surface area (Å²) in [4.78, 5) is 19.9. The minimum absolute atomic E-state index is 0.0469. The minimum Gasteiger partial charge on any atom is -0.462 e. The van der Waals surface area contributed by atoms with Crippen molar-refractivity contribution >= 4 is 17.6 Å². The van der Waals surface area contributed by atoms with Crippen LogP contribution in [-0.4, -0.2) is 36.9 Å². The first kappa shape index (κ1) is 20.7. The Morgan fingerprint density at radius 2 is 2.11 bits per heavy atom. The van der Waals surface area contributed by atoms with Gasteiger partial charge in [-0.1, -0.05) is 0 Å². The summed E-state index contributed by atoms with van der Waals surface area (Å²) in [7, 11) is 0.500. The number of hydrogen-bond donors (Lipinski definition) is 2. The highest BCUT2D eigenvalue weighted by Crippen LogP contribution is 2.30. The van der Waals surface area contributed by atoms with Crippen molar-refractivity contribution < 1.29 is 22.7 Å². The number of aliphatic imine (C=N–C) groups is 1. The number of nitriles is 1. The molecule has 0 radical (unpaired) electrons. The number of nitrogens with two attached hydrogens (primary N) is 1. The monoisotopic (exact) mass is 391 g/mol. The van der Waals surface area contributed by atoms with Gasteiger partial charge in [-0.15, -0.1) is 0 Å². The van der Waals surface area contributed by atoms with Crippen LogP contribution in [0.2, 0.25) is 0 Å². The second kappa shape index (κ2) is 9.36. The molecule has 3 rings (SSSR count). The molecule has 7 nitrogen and oxygen atoms in total. The molecule has 2 unspecified atom stereocenters. The van der Waals surface area contributed by atoms with Crippen molar-refractivity contribution in [1.82, 2.24) is 4.98 Å². The Morgan fingerprint density at radius 1 is 1.36 bits per heavy atom. The normalized spacial score (nSPS) is 17.9. The van der Waals surface area contributed by atoms with E-state index in [9.17, 15) is 18.0 Å². The fourth-order valence-corrected chi connectivity index (χ4v) is 2.41. The van der Waals surface area contributed by atoms with E-state index in [2.05, 4.69) is 15.3 Å². The SMILES string of the molecule is CF.N#Cc1ccc(C(=O)Nc2ccc(F)c(C3N=C(N)OCC3F)c2)nc1. The number of amidine groups is 1. The predicted octanol–water partition coefficient (Wildman–Crippen LogP) is 2.65. The van der Waals surface area contributed by atoms with Crippen LogP contribution in [0, 0.1) is 17.1 Å². The van der Waals surface area contributed by atoms with Crippen LogP contribution in [0.3, 0.4) is 0 Å². The van der Waals surface area contributed by atoms with Crippen LogP contribution in [0.25, 0.3) is 0 Å². The van der Waals surface area contributed by atoms with Gasteiger partial charge in [0.25, 0.3) is 11.9 Å². The summed E-state index contributed by atoms with van der Waals surface area (Å²) in [6.45, 7) is -0.328. The molecular weight excluding hydrogens is 375 g/mol. The third-order valence-corrected chi connectivity index (χ3v) is 3.70. The van der Waals surface area contributed by atoms with Gasteiger partial charge in [0.15, 0.2) is 6.17 Å². The van der Waals surface area contributed by atoms with Crippen molar-refractivity contribution in [3.8, 4) is 6.07 Å². The van der Waals surface area contributed by atoms with Gasteiger partial charge in [-0.05, 0) is 30.3 Å². The summed E-state index contributed by atoms with van der Waals surface area (Å²) >= 11 is 0. The highest BCUT2D eigenvalue weighted by molar-refractivity contribution is 6.02. The van der Waals surface area contributed by atoms with Gasteiger partial charge in [-0.25, -0.2) is 18.8 Å². The average molecular weight is 391 g/mol. The number of benzene rings is 1. The van der Waals surface area contributed by atoms with Crippen LogP contribution in [0.1, 0.15) is 27.7 Å². The fraction of sp³-hybridized carbons (Fsp3) is 0.222. The quantitative estimate of drug-likeness (QED) is 0.835. The van der Waals surface area contributed by atoms with Crippen LogP contribution >= 0.6 is 0 Å². The molecule has 2 heterocycles. The molecule has 1 aromatic heterocycles. The van der Waals surface area contributed by atoms with Crippen molar-refractivity contribution in [2.75, 3.05) is 19.1 Å². The fourth-order valence-electron chi connectivity index (χ4n) is 2.41. The van der Waals surface area contributed by atoms with Crippen molar-refractivity contribution in [2.24, 2.45) is 10.7 Å². The number of pyridine rings is 1. The van der Waals surface area contributed by atoms with E-state index >= 15 is 0 Å². The number of ether oxygens (including phenoxy) is 1. The number of rotatable bonds is 3. The predicted molar refractivity (Wildman–Crippen MR) is 95.5 cm³/mol. The molecule has 0 fully saturated rings.